The quantitative estimate of drug-likeness (QED) is 0.152. The van der Waals surface area contributed by atoms with E-state index in [1.807, 2.05) is 0 Å². The molecule has 0 atom stereocenters. The maximum absolute atomic E-state index is 12.8. The number of hydrogen-bond acceptors (Lipinski definition) is 4. The summed E-state index contributed by atoms with van der Waals surface area (Å²) < 4.78 is 98.7. The standard InChI is InChI=1S/C26H15BCl2F6O4/c28-21-13-15(25(30,31)32)1-11-23(21)36-17-3-7-19(8-4-17)38-27-39-20-9-5-18(6-10-20)37-24-12-2-16(14-22(24)29)26(33,34)35/h1-14,27H. The first-order valence-electron chi connectivity index (χ1n) is 10.9. The van der Waals surface area contributed by atoms with Crippen molar-refractivity contribution in [2.75, 3.05) is 0 Å². The lowest BCUT2D eigenvalue weighted by Crippen LogP contribution is -2.10. The number of hydrogen-bond donors (Lipinski definition) is 0. The zero-order valence-electron chi connectivity index (χ0n) is 19.4. The van der Waals surface area contributed by atoms with Crippen LogP contribution in [0.1, 0.15) is 11.1 Å². The number of alkyl halides is 6. The van der Waals surface area contributed by atoms with E-state index in [4.69, 9.17) is 42.0 Å². The monoisotopic (exact) mass is 586 g/mol. The lowest BCUT2D eigenvalue weighted by molar-refractivity contribution is -0.138. The van der Waals surface area contributed by atoms with Crippen LogP contribution in [0.25, 0.3) is 0 Å². The molecular weight excluding hydrogens is 572 g/mol. The van der Waals surface area contributed by atoms with Gasteiger partial charge in [-0.25, -0.2) is 0 Å². The Morgan fingerprint density at radius 2 is 0.821 bits per heavy atom. The predicted octanol–water partition coefficient (Wildman–Crippen LogP) is 9.34. The third kappa shape index (κ3) is 7.67. The van der Waals surface area contributed by atoms with Crippen molar-refractivity contribution in [3.63, 3.8) is 0 Å². The van der Waals surface area contributed by atoms with Crippen LogP contribution in [-0.2, 0) is 12.4 Å². The van der Waals surface area contributed by atoms with E-state index >= 15 is 0 Å². The van der Waals surface area contributed by atoms with Gasteiger partial charge in [-0.15, -0.1) is 0 Å². The third-order valence-corrected chi connectivity index (χ3v) is 5.66. The molecule has 0 radical (unpaired) electrons. The van der Waals surface area contributed by atoms with E-state index in [-0.39, 0.29) is 29.2 Å². The smallest absolute Gasteiger partial charge is 0.529 e. The molecule has 4 nitrogen and oxygen atoms in total. The molecule has 0 aliphatic heterocycles. The average Bonchev–Trinajstić information content (AvgIpc) is 2.87. The van der Waals surface area contributed by atoms with Crippen LogP contribution >= 0.6 is 23.2 Å². The van der Waals surface area contributed by atoms with Crippen LogP contribution in [0.5, 0.6) is 34.5 Å². The molecule has 13 heteroatoms. The van der Waals surface area contributed by atoms with Gasteiger partial charge in [0.25, 0.3) is 0 Å². The molecule has 0 heterocycles. The van der Waals surface area contributed by atoms with Crippen LogP contribution in [0.4, 0.5) is 26.3 Å². The predicted molar refractivity (Wildman–Crippen MR) is 134 cm³/mol. The van der Waals surface area contributed by atoms with Crippen LogP contribution in [0.15, 0.2) is 84.9 Å². The summed E-state index contributed by atoms with van der Waals surface area (Å²) in [4.78, 5) is 0. The van der Waals surface area contributed by atoms with Crippen molar-refractivity contribution in [2.45, 2.75) is 12.4 Å². The highest BCUT2D eigenvalue weighted by atomic mass is 35.5. The molecule has 0 aliphatic carbocycles. The topological polar surface area (TPSA) is 36.9 Å². The summed E-state index contributed by atoms with van der Waals surface area (Å²) >= 11 is 11.8. The third-order valence-electron chi connectivity index (χ3n) is 5.07. The maximum Gasteiger partial charge on any atom is 0.576 e. The van der Waals surface area contributed by atoms with Gasteiger partial charge in [0.1, 0.15) is 34.5 Å². The second kappa shape index (κ2) is 11.6. The second-order valence-corrected chi connectivity index (χ2v) is 8.65. The van der Waals surface area contributed by atoms with Crippen LogP contribution in [-0.4, -0.2) is 7.69 Å². The van der Waals surface area contributed by atoms with Gasteiger partial charge < -0.3 is 18.8 Å². The largest absolute Gasteiger partial charge is 0.576 e. The van der Waals surface area contributed by atoms with Gasteiger partial charge in [0.2, 0.25) is 0 Å². The van der Waals surface area contributed by atoms with E-state index in [2.05, 4.69) is 0 Å². The van der Waals surface area contributed by atoms with E-state index in [1.165, 1.54) is 0 Å². The Morgan fingerprint density at radius 1 is 0.487 bits per heavy atom. The van der Waals surface area contributed by atoms with E-state index in [1.54, 1.807) is 48.5 Å². The molecule has 0 saturated heterocycles. The Bertz CT molecular complexity index is 1320. The summed E-state index contributed by atoms with van der Waals surface area (Å²) in [5.74, 6) is 1.64. The first-order chi connectivity index (χ1) is 18.4. The summed E-state index contributed by atoms with van der Waals surface area (Å²) in [5.41, 5.74) is -1.76. The van der Waals surface area contributed by atoms with E-state index in [0.29, 0.717) is 23.0 Å². The minimum absolute atomic E-state index is 0.0645. The highest BCUT2D eigenvalue weighted by Crippen LogP contribution is 2.38. The number of halogens is 8. The fraction of sp³-hybridized carbons (Fsp3) is 0.0769. The SMILES string of the molecule is FC(F)(F)c1ccc(Oc2ccc(OBOc3ccc(Oc4ccc(C(F)(F)F)cc4Cl)cc3)cc2)c(Cl)c1. The molecule has 0 unspecified atom stereocenters. The fourth-order valence-electron chi connectivity index (χ4n) is 3.15. The highest BCUT2D eigenvalue weighted by molar-refractivity contribution is 6.32. The zero-order valence-corrected chi connectivity index (χ0v) is 21.0. The first kappa shape index (κ1) is 28.3. The Morgan fingerprint density at radius 3 is 1.13 bits per heavy atom. The molecule has 39 heavy (non-hydrogen) atoms. The van der Waals surface area contributed by atoms with Gasteiger partial charge in [0.15, 0.2) is 0 Å². The molecule has 4 rings (SSSR count). The normalized spacial score (nSPS) is 11.6. The Kier molecular flexibility index (Phi) is 8.41. The molecule has 202 valence electrons. The van der Waals surface area contributed by atoms with Crippen molar-refractivity contribution in [1.29, 1.82) is 0 Å². The molecule has 4 aromatic carbocycles. The Hall–Kier alpha value is -3.70. The van der Waals surface area contributed by atoms with Gasteiger partial charge in [0.05, 0.1) is 21.2 Å². The van der Waals surface area contributed by atoms with E-state index in [9.17, 15) is 26.3 Å². The van der Waals surface area contributed by atoms with Gasteiger partial charge in [-0.2, -0.15) is 26.3 Å². The van der Waals surface area contributed by atoms with Crippen molar-refractivity contribution >= 4 is 30.9 Å². The van der Waals surface area contributed by atoms with Crippen LogP contribution in [0.2, 0.25) is 10.0 Å². The maximum atomic E-state index is 12.8. The second-order valence-electron chi connectivity index (χ2n) is 7.84. The molecule has 0 spiro atoms. The van der Waals surface area contributed by atoms with Crippen molar-refractivity contribution in [1.82, 2.24) is 0 Å². The summed E-state index contributed by atoms with van der Waals surface area (Å²) in [6, 6.07) is 18.0. The molecule has 0 aromatic heterocycles. The minimum Gasteiger partial charge on any atom is -0.529 e. The molecule has 4 aromatic rings. The van der Waals surface area contributed by atoms with Crippen LogP contribution in [0, 0.1) is 0 Å². The average molecular weight is 587 g/mol. The molecule has 0 bridgehead atoms. The fourth-order valence-corrected chi connectivity index (χ4v) is 3.59. The first-order valence-corrected chi connectivity index (χ1v) is 11.7. The molecule has 0 saturated carbocycles. The number of rotatable bonds is 8. The van der Waals surface area contributed by atoms with Gasteiger partial charge in [0, 0.05) is 0 Å². The van der Waals surface area contributed by atoms with Crippen LogP contribution in [0.3, 0.4) is 0 Å². The summed E-state index contributed by atoms with van der Waals surface area (Å²) in [5, 5.41) is -0.366. The summed E-state index contributed by atoms with van der Waals surface area (Å²) in [7, 11) is -0.157. The van der Waals surface area contributed by atoms with Gasteiger partial charge in [-0.05, 0) is 84.9 Å². The van der Waals surface area contributed by atoms with Crippen molar-refractivity contribution in [2.24, 2.45) is 0 Å². The van der Waals surface area contributed by atoms with Crippen molar-refractivity contribution in [3.05, 3.63) is 106 Å². The molecule has 0 fully saturated rings. The lowest BCUT2D eigenvalue weighted by atomic mass is 10.2. The van der Waals surface area contributed by atoms with Gasteiger partial charge >= 0.3 is 20.0 Å². The zero-order chi connectivity index (χ0) is 28.2. The van der Waals surface area contributed by atoms with Crippen LogP contribution < -0.4 is 18.8 Å². The van der Waals surface area contributed by atoms with E-state index in [0.717, 1.165) is 36.4 Å². The molecule has 0 N–H and O–H groups in total. The molecule has 0 amide bonds. The number of benzene rings is 4. The summed E-state index contributed by atoms with van der Waals surface area (Å²) in [6.45, 7) is 0. The van der Waals surface area contributed by atoms with Gasteiger partial charge in [-0.3, -0.25) is 0 Å². The molecule has 0 aliphatic rings. The van der Waals surface area contributed by atoms with Crippen molar-refractivity contribution < 1.29 is 45.1 Å². The Labute approximate surface area is 228 Å². The highest BCUT2D eigenvalue weighted by Gasteiger charge is 2.32. The van der Waals surface area contributed by atoms with Crippen molar-refractivity contribution in [3.8, 4) is 34.5 Å². The summed E-state index contributed by atoms with van der Waals surface area (Å²) in [6.07, 6.45) is -9.02. The minimum atomic E-state index is -4.51. The Balaban J connectivity index is 1.27. The number of ether oxygens (including phenoxy) is 2. The molecular formula is C26H15BCl2F6O4. The lowest BCUT2D eigenvalue weighted by Gasteiger charge is -2.12. The van der Waals surface area contributed by atoms with E-state index < -0.39 is 23.5 Å². The van der Waals surface area contributed by atoms with Gasteiger partial charge in [-0.1, -0.05) is 23.2 Å².